The van der Waals surface area contributed by atoms with Crippen molar-refractivity contribution in [1.82, 2.24) is 0 Å². The number of carbonyl (C=O) groups is 2. The van der Waals surface area contributed by atoms with Crippen LogP contribution in [0.15, 0.2) is 71.6 Å². The van der Waals surface area contributed by atoms with E-state index in [1.54, 1.807) is 62.9 Å². The van der Waals surface area contributed by atoms with Gasteiger partial charge in [0.15, 0.2) is 0 Å². The summed E-state index contributed by atoms with van der Waals surface area (Å²) in [7, 11) is 0. The topological polar surface area (TPSA) is 67.4 Å². The Morgan fingerprint density at radius 2 is 1.40 bits per heavy atom. The molecule has 0 atom stereocenters. The number of hydrogen-bond donors (Lipinski definition) is 2. The average Bonchev–Trinajstić information content (AvgIpc) is 2.78. The lowest BCUT2D eigenvalue weighted by atomic mass is 10.0. The maximum Gasteiger partial charge on any atom is 0.416 e. The fraction of sp³-hybridized carbons (Fsp3) is 0.231. The van der Waals surface area contributed by atoms with Gasteiger partial charge < -0.3 is 10.1 Å². The third-order valence-electron chi connectivity index (χ3n) is 4.80. The minimum Gasteiger partial charge on any atom is -0.444 e. The molecule has 0 heterocycles. The van der Waals surface area contributed by atoms with Crippen LogP contribution in [0.5, 0.6) is 0 Å². The minimum atomic E-state index is -4.44. The molecule has 0 radical (unpaired) electrons. The van der Waals surface area contributed by atoms with Gasteiger partial charge in [0.2, 0.25) is 0 Å². The molecule has 0 saturated heterocycles. The second kappa shape index (κ2) is 10.4. The van der Waals surface area contributed by atoms with Gasteiger partial charge in [-0.3, -0.25) is 10.1 Å². The lowest BCUT2D eigenvalue weighted by Gasteiger charge is -2.21. The van der Waals surface area contributed by atoms with Gasteiger partial charge in [-0.1, -0.05) is 18.2 Å². The van der Waals surface area contributed by atoms with Gasteiger partial charge in [-0.05, 0) is 86.7 Å². The Bertz CT molecular complexity index is 1200. The summed E-state index contributed by atoms with van der Waals surface area (Å²) in [5.41, 5.74) is 0.545. The Balaban J connectivity index is 1.94. The lowest BCUT2D eigenvalue weighted by molar-refractivity contribution is -0.137. The number of anilines is 2. The molecule has 0 aliphatic rings. The van der Waals surface area contributed by atoms with Crippen molar-refractivity contribution in [3.63, 3.8) is 0 Å². The number of hydrogen-bond acceptors (Lipinski definition) is 4. The maximum absolute atomic E-state index is 12.9. The highest BCUT2D eigenvalue weighted by Gasteiger charge is 2.30. The smallest absolute Gasteiger partial charge is 0.416 e. The number of halogens is 3. The fourth-order valence-corrected chi connectivity index (χ4v) is 3.55. The molecule has 0 saturated carbocycles. The van der Waals surface area contributed by atoms with Crippen LogP contribution in [0.25, 0.3) is 11.1 Å². The highest BCUT2D eigenvalue weighted by Crippen LogP contribution is 2.33. The van der Waals surface area contributed by atoms with Crippen LogP contribution in [0.2, 0.25) is 0 Å². The Morgan fingerprint density at radius 1 is 0.800 bits per heavy atom. The summed E-state index contributed by atoms with van der Waals surface area (Å²) in [4.78, 5) is 26.2. The Hall–Kier alpha value is -3.46. The van der Waals surface area contributed by atoms with Crippen LogP contribution in [0, 0.1) is 0 Å². The predicted molar refractivity (Wildman–Crippen MR) is 133 cm³/mol. The van der Waals surface area contributed by atoms with E-state index in [0.29, 0.717) is 16.7 Å². The molecule has 0 aliphatic heterocycles. The second-order valence-corrected chi connectivity index (χ2v) is 9.52. The number of thioether (sulfide) groups is 1. The fourth-order valence-electron chi connectivity index (χ4n) is 3.14. The van der Waals surface area contributed by atoms with E-state index in [1.807, 2.05) is 18.4 Å². The summed E-state index contributed by atoms with van der Waals surface area (Å²) in [6.07, 6.45) is -3.22. The van der Waals surface area contributed by atoms with Crippen LogP contribution in [0.1, 0.15) is 36.7 Å². The van der Waals surface area contributed by atoms with E-state index in [0.717, 1.165) is 17.0 Å². The van der Waals surface area contributed by atoms with Gasteiger partial charge >= 0.3 is 12.3 Å². The molecule has 184 valence electrons. The van der Waals surface area contributed by atoms with Crippen molar-refractivity contribution in [2.24, 2.45) is 0 Å². The van der Waals surface area contributed by atoms with Crippen molar-refractivity contribution in [1.29, 1.82) is 0 Å². The molecule has 0 aromatic heterocycles. The normalized spacial score (nSPS) is 11.6. The Kier molecular flexibility index (Phi) is 7.80. The summed E-state index contributed by atoms with van der Waals surface area (Å²) in [6.45, 7) is 5.17. The maximum atomic E-state index is 12.9. The van der Waals surface area contributed by atoms with Gasteiger partial charge in [-0.25, -0.2) is 4.79 Å². The summed E-state index contributed by atoms with van der Waals surface area (Å²) in [5, 5.41) is 5.40. The highest BCUT2D eigenvalue weighted by molar-refractivity contribution is 7.98. The molecule has 0 unspecified atom stereocenters. The number of ether oxygens (including phenoxy) is 1. The molecule has 3 aromatic rings. The van der Waals surface area contributed by atoms with Crippen molar-refractivity contribution in [3.05, 3.63) is 77.9 Å². The van der Waals surface area contributed by atoms with Crippen LogP contribution in [-0.4, -0.2) is 23.9 Å². The summed E-state index contributed by atoms with van der Waals surface area (Å²) in [6, 6.07) is 16.5. The van der Waals surface area contributed by atoms with Crippen molar-refractivity contribution >= 4 is 35.1 Å². The number of nitrogens with one attached hydrogen (secondary N) is 2. The minimum absolute atomic E-state index is 0.271. The van der Waals surface area contributed by atoms with Crippen LogP contribution < -0.4 is 10.6 Å². The summed E-state index contributed by atoms with van der Waals surface area (Å²) >= 11 is 1.55. The number of amides is 2. The largest absolute Gasteiger partial charge is 0.444 e. The molecular formula is C26H25F3N2O3S. The highest BCUT2D eigenvalue weighted by atomic mass is 32.2. The van der Waals surface area contributed by atoms with E-state index >= 15 is 0 Å². The van der Waals surface area contributed by atoms with E-state index in [1.165, 1.54) is 12.1 Å². The zero-order valence-corrected chi connectivity index (χ0v) is 20.4. The summed E-state index contributed by atoms with van der Waals surface area (Å²) < 4.78 is 44.1. The first kappa shape index (κ1) is 26.2. The zero-order valence-electron chi connectivity index (χ0n) is 19.6. The van der Waals surface area contributed by atoms with Crippen molar-refractivity contribution in [2.75, 3.05) is 16.9 Å². The molecule has 2 amide bonds. The Morgan fingerprint density at radius 3 is 1.94 bits per heavy atom. The SMILES string of the molecule is CSc1ccc(C(=O)Nc2cc(-c3ccc(C(F)(F)F)cc3)ccc2NC(=O)OC(C)(C)C)cc1. The molecule has 5 nitrogen and oxygen atoms in total. The third-order valence-corrected chi connectivity index (χ3v) is 5.54. The van der Waals surface area contributed by atoms with E-state index in [-0.39, 0.29) is 11.4 Å². The van der Waals surface area contributed by atoms with E-state index < -0.39 is 29.3 Å². The van der Waals surface area contributed by atoms with Gasteiger partial charge in [0.25, 0.3) is 5.91 Å². The van der Waals surface area contributed by atoms with Gasteiger partial charge in [-0.15, -0.1) is 11.8 Å². The van der Waals surface area contributed by atoms with Crippen LogP contribution >= 0.6 is 11.8 Å². The molecule has 0 bridgehead atoms. The van der Waals surface area contributed by atoms with E-state index in [9.17, 15) is 22.8 Å². The first-order chi connectivity index (χ1) is 16.4. The third kappa shape index (κ3) is 7.26. The molecule has 35 heavy (non-hydrogen) atoms. The quantitative estimate of drug-likeness (QED) is 0.351. The van der Waals surface area contributed by atoms with Gasteiger partial charge in [0.05, 0.1) is 16.9 Å². The number of carbonyl (C=O) groups excluding carboxylic acids is 2. The second-order valence-electron chi connectivity index (χ2n) is 8.64. The molecule has 2 N–H and O–H groups in total. The van der Waals surface area contributed by atoms with Gasteiger partial charge in [0, 0.05) is 10.5 Å². The van der Waals surface area contributed by atoms with Crippen molar-refractivity contribution < 1.29 is 27.5 Å². The van der Waals surface area contributed by atoms with Crippen molar-refractivity contribution in [3.8, 4) is 11.1 Å². The predicted octanol–water partition coefficient (Wildman–Crippen LogP) is 7.69. The van der Waals surface area contributed by atoms with Crippen LogP contribution in [0.3, 0.4) is 0 Å². The number of alkyl halides is 3. The zero-order chi connectivity index (χ0) is 25.8. The monoisotopic (exact) mass is 502 g/mol. The first-order valence-electron chi connectivity index (χ1n) is 10.6. The van der Waals surface area contributed by atoms with Crippen LogP contribution in [-0.2, 0) is 10.9 Å². The molecule has 0 aliphatic carbocycles. The first-order valence-corrected chi connectivity index (χ1v) is 11.9. The molecule has 3 rings (SSSR count). The molecule has 0 fully saturated rings. The standard InChI is InChI=1S/C26H25F3N2O3S/c1-25(2,3)34-24(33)31-21-14-9-18(16-5-10-19(11-6-16)26(27,28)29)15-22(21)30-23(32)17-7-12-20(35-4)13-8-17/h5-15H,1-4H3,(H,30,32)(H,31,33). The molecule has 9 heteroatoms. The molecule has 0 spiro atoms. The van der Waals surface area contributed by atoms with E-state index in [4.69, 9.17) is 4.74 Å². The average molecular weight is 503 g/mol. The van der Waals surface area contributed by atoms with Gasteiger partial charge in [0.1, 0.15) is 5.60 Å². The molecular weight excluding hydrogens is 477 g/mol. The molecule has 3 aromatic carbocycles. The van der Waals surface area contributed by atoms with Gasteiger partial charge in [-0.2, -0.15) is 13.2 Å². The number of rotatable bonds is 5. The van der Waals surface area contributed by atoms with E-state index in [2.05, 4.69) is 10.6 Å². The van der Waals surface area contributed by atoms with Crippen molar-refractivity contribution in [2.45, 2.75) is 37.4 Å². The lowest BCUT2D eigenvalue weighted by Crippen LogP contribution is -2.27. The number of benzene rings is 3. The summed E-state index contributed by atoms with van der Waals surface area (Å²) in [5.74, 6) is -0.408. The Labute approximate surface area is 206 Å². The van der Waals surface area contributed by atoms with Crippen LogP contribution in [0.4, 0.5) is 29.3 Å².